The molecule has 0 aliphatic rings. The second-order valence-corrected chi connectivity index (χ2v) is 7.31. The van der Waals surface area contributed by atoms with Gasteiger partial charge in [-0.1, -0.05) is 36.4 Å². The second-order valence-electron chi connectivity index (χ2n) is 5.54. The number of hydrogen-bond acceptors (Lipinski definition) is 4. The molecular formula is C19H16N2O4S. The number of sulfonamides is 1. The van der Waals surface area contributed by atoms with Crippen molar-refractivity contribution in [1.29, 1.82) is 0 Å². The molecule has 0 atom stereocenters. The second kappa shape index (κ2) is 7.47. The van der Waals surface area contributed by atoms with Crippen molar-refractivity contribution in [2.75, 3.05) is 0 Å². The lowest BCUT2D eigenvalue weighted by atomic mass is 10.1. The Kier molecular flexibility index (Phi) is 5.11. The number of hydrogen-bond donors (Lipinski definition) is 2. The minimum absolute atomic E-state index is 0.0738. The van der Waals surface area contributed by atoms with Crippen LogP contribution in [-0.2, 0) is 21.4 Å². The van der Waals surface area contributed by atoms with E-state index in [1.54, 1.807) is 18.3 Å². The number of fused-ring (bicyclic) bond motifs is 1. The topological polar surface area (TPSA) is 96.4 Å². The maximum absolute atomic E-state index is 12.5. The zero-order valence-electron chi connectivity index (χ0n) is 13.7. The lowest BCUT2D eigenvalue weighted by molar-refractivity contribution is -0.131. The van der Waals surface area contributed by atoms with Crippen molar-refractivity contribution in [3.63, 3.8) is 0 Å². The Bertz CT molecular complexity index is 1070. The monoisotopic (exact) mass is 368 g/mol. The van der Waals surface area contributed by atoms with Crippen LogP contribution in [0, 0.1) is 0 Å². The van der Waals surface area contributed by atoms with E-state index in [1.165, 1.54) is 18.2 Å². The fourth-order valence-corrected chi connectivity index (χ4v) is 3.48. The molecule has 3 aromatic rings. The number of benzene rings is 2. The quantitative estimate of drug-likeness (QED) is 0.652. The highest BCUT2D eigenvalue weighted by Crippen LogP contribution is 2.17. The van der Waals surface area contributed by atoms with Crippen molar-refractivity contribution in [2.45, 2.75) is 11.4 Å². The van der Waals surface area contributed by atoms with Gasteiger partial charge in [-0.25, -0.2) is 17.9 Å². The molecule has 2 N–H and O–H groups in total. The van der Waals surface area contributed by atoms with E-state index in [0.717, 1.165) is 16.8 Å². The molecule has 0 unspecified atom stereocenters. The molecule has 6 nitrogen and oxygen atoms in total. The predicted octanol–water partition coefficient (Wildman–Crippen LogP) is 2.81. The van der Waals surface area contributed by atoms with Gasteiger partial charge < -0.3 is 5.11 Å². The molecule has 0 radical (unpaired) electrons. The van der Waals surface area contributed by atoms with Crippen molar-refractivity contribution >= 4 is 32.8 Å². The number of pyridine rings is 1. The molecule has 0 bridgehead atoms. The number of nitrogens with zero attached hydrogens (tertiary/aromatic N) is 1. The number of rotatable bonds is 6. The SMILES string of the molecule is O=C(O)/C=C/c1ccc(S(=O)(=O)NCc2nccc3ccccc23)cc1. The molecule has 1 heterocycles. The van der Waals surface area contributed by atoms with Gasteiger partial charge in [0.05, 0.1) is 17.1 Å². The van der Waals surface area contributed by atoms with Crippen LogP contribution in [0.15, 0.2) is 71.8 Å². The maximum Gasteiger partial charge on any atom is 0.328 e. The summed E-state index contributed by atoms with van der Waals surface area (Å²) >= 11 is 0. The predicted molar refractivity (Wildman–Crippen MR) is 98.9 cm³/mol. The molecular weight excluding hydrogens is 352 g/mol. The molecule has 0 saturated heterocycles. The van der Waals surface area contributed by atoms with Crippen molar-refractivity contribution in [3.05, 3.63) is 78.1 Å². The molecule has 1 aromatic heterocycles. The van der Waals surface area contributed by atoms with Crippen LogP contribution >= 0.6 is 0 Å². The van der Waals surface area contributed by atoms with E-state index in [-0.39, 0.29) is 11.4 Å². The van der Waals surface area contributed by atoms with E-state index in [4.69, 9.17) is 5.11 Å². The molecule has 0 fully saturated rings. The summed E-state index contributed by atoms with van der Waals surface area (Å²) < 4.78 is 27.5. The third-order valence-electron chi connectivity index (χ3n) is 3.79. The van der Waals surface area contributed by atoms with Crippen LogP contribution < -0.4 is 4.72 Å². The van der Waals surface area contributed by atoms with Gasteiger partial charge in [0.15, 0.2) is 0 Å². The first-order chi connectivity index (χ1) is 12.5. The van der Waals surface area contributed by atoms with Crippen molar-refractivity contribution in [3.8, 4) is 0 Å². The number of aromatic nitrogens is 1. The number of nitrogens with one attached hydrogen (secondary N) is 1. The zero-order valence-corrected chi connectivity index (χ0v) is 14.5. The highest BCUT2D eigenvalue weighted by atomic mass is 32.2. The standard InChI is InChI=1S/C19H16N2O4S/c22-19(23)10-7-14-5-8-16(9-6-14)26(24,25)21-13-18-17-4-2-1-3-15(17)11-12-20-18/h1-12,21H,13H2,(H,22,23)/b10-7+. The van der Waals surface area contributed by atoms with Crippen LogP contribution in [0.1, 0.15) is 11.3 Å². The molecule has 2 aromatic carbocycles. The average Bonchev–Trinajstić information content (AvgIpc) is 2.65. The minimum atomic E-state index is -3.71. The van der Waals surface area contributed by atoms with E-state index in [9.17, 15) is 13.2 Å². The number of carboxylic acid groups (broad SMARTS) is 1. The van der Waals surface area contributed by atoms with Crippen molar-refractivity contribution < 1.29 is 18.3 Å². The van der Waals surface area contributed by atoms with Crippen LogP contribution in [0.25, 0.3) is 16.8 Å². The van der Waals surface area contributed by atoms with Crippen LogP contribution in [0.4, 0.5) is 0 Å². The first kappa shape index (κ1) is 17.8. The summed E-state index contributed by atoms with van der Waals surface area (Å²) in [6.45, 7) is 0.0738. The first-order valence-corrected chi connectivity index (χ1v) is 9.27. The summed E-state index contributed by atoms with van der Waals surface area (Å²) in [5, 5.41) is 10.5. The zero-order chi connectivity index (χ0) is 18.6. The number of aliphatic carboxylic acids is 1. The van der Waals surface area contributed by atoms with Gasteiger partial charge >= 0.3 is 5.97 Å². The summed E-state index contributed by atoms with van der Waals surface area (Å²) in [6.07, 6.45) is 4.04. The molecule has 132 valence electrons. The summed E-state index contributed by atoms with van der Waals surface area (Å²) in [4.78, 5) is 14.9. The lowest BCUT2D eigenvalue weighted by Gasteiger charge is -2.09. The Labute approximate surface area is 150 Å². The van der Waals surface area contributed by atoms with Crippen LogP contribution in [0.3, 0.4) is 0 Å². The first-order valence-electron chi connectivity index (χ1n) is 7.79. The van der Waals surface area contributed by atoms with Gasteiger partial charge in [0, 0.05) is 17.7 Å². The smallest absolute Gasteiger partial charge is 0.328 e. The third kappa shape index (κ3) is 4.14. The summed E-state index contributed by atoms with van der Waals surface area (Å²) in [6, 6.07) is 15.5. The van der Waals surface area contributed by atoms with E-state index in [2.05, 4.69) is 9.71 Å². The Morgan fingerprint density at radius 1 is 1.08 bits per heavy atom. The van der Waals surface area contributed by atoms with Gasteiger partial charge in [-0.15, -0.1) is 0 Å². The van der Waals surface area contributed by atoms with Gasteiger partial charge in [-0.3, -0.25) is 4.98 Å². The normalized spacial score (nSPS) is 11.8. The van der Waals surface area contributed by atoms with E-state index in [0.29, 0.717) is 11.3 Å². The van der Waals surface area contributed by atoms with Crippen LogP contribution in [0.2, 0.25) is 0 Å². The third-order valence-corrected chi connectivity index (χ3v) is 5.21. The Balaban J connectivity index is 1.77. The average molecular weight is 368 g/mol. The van der Waals surface area contributed by atoms with Gasteiger partial charge in [-0.05, 0) is 35.2 Å². The Morgan fingerprint density at radius 3 is 2.54 bits per heavy atom. The lowest BCUT2D eigenvalue weighted by Crippen LogP contribution is -2.23. The Hall–Kier alpha value is -3.03. The summed E-state index contributed by atoms with van der Waals surface area (Å²) in [7, 11) is -3.71. The minimum Gasteiger partial charge on any atom is -0.478 e. The van der Waals surface area contributed by atoms with Crippen LogP contribution in [0.5, 0.6) is 0 Å². The van der Waals surface area contributed by atoms with Gasteiger partial charge in [0.25, 0.3) is 0 Å². The molecule has 0 amide bonds. The van der Waals surface area contributed by atoms with E-state index < -0.39 is 16.0 Å². The molecule has 7 heteroatoms. The van der Waals surface area contributed by atoms with Crippen LogP contribution in [-0.4, -0.2) is 24.5 Å². The van der Waals surface area contributed by atoms with Gasteiger partial charge in [0.2, 0.25) is 10.0 Å². The van der Waals surface area contributed by atoms with Crippen molar-refractivity contribution in [1.82, 2.24) is 9.71 Å². The maximum atomic E-state index is 12.5. The molecule has 26 heavy (non-hydrogen) atoms. The largest absolute Gasteiger partial charge is 0.478 e. The Morgan fingerprint density at radius 2 is 1.81 bits per heavy atom. The van der Waals surface area contributed by atoms with Gasteiger partial charge in [0.1, 0.15) is 0 Å². The molecule has 0 spiro atoms. The molecule has 3 rings (SSSR count). The molecule has 0 aliphatic carbocycles. The number of carboxylic acids is 1. The fraction of sp³-hybridized carbons (Fsp3) is 0.0526. The number of carbonyl (C=O) groups is 1. The van der Waals surface area contributed by atoms with E-state index >= 15 is 0 Å². The highest BCUT2D eigenvalue weighted by Gasteiger charge is 2.14. The summed E-state index contributed by atoms with van der Waals surface area (Å²) in [5.41, 5.74) is 1.25. The highest BCUT2D eigenvalue weighted by molar-refractivity contribution is 7.89. The molecule has 0 saturated carbocycles. The van der Waals surface area contributed by atoms with Crippen molar-refractivity contribution in [2.24, 2.45) is 0 Å². The molecule has 0 aliphatic heterocycles. The summed E-state index contributed by atoms with van der Waals surface area (Å²) in [5.74, 6) is -1.06. The van der Waals surface area contributed by atoms with Gasteiger partial charge in [-0.2, -0.15) is 0 Å². The fourth-order valence-electron chi connectivity index (χ4n) is 2.50. The van der Waals surface area contributed by atoms with E-state index in [1.807, 2.05) is 30.3 Å².